The van der Waals surface area contributed by atoms with Gasteiger partial charge >= 0.3 is 0 Å². The third-order valence-corrected chi connectivity index (χ3v) is 2.04. The van der Waals surface area contributed by atoms with Gasteiger partial charge in [-0.3, -0.25) is 0 Å². The zero-order valence-corrected chi connectivity index (χ0v) is 5.83. The highest BCUT2D eigenvalue weighted by Crippen LogP contribution is 2.16. The molecule has 0 saturated heterocycles. The van der Waals surface area contributed by atoms with Gasteiger partial charge in [0.05, 0.1) is 11.3 Å². The molecule has 2 nitrogen and oxygen atoms in total. The van der Waals surface area contributed by atoms with Crippen molar-refractivity contribution < 1.29 is 8.39 Å². The molecule has 0 N–H and O–H groups in total. The number of hydrogen-bond donors (Lipinski definition) is 0. The van der Waals surface area contributed by atoms with Crippen LogP contribution in [0.15, 0.2) is 11.3 Å². The topological polar surface area (TPSA) is 26.3 Å². The molecule has 0 fully saturated rings. The number of rotatable bonds is 0. The Balaban J connectivity index is 2.84. The SMILES string of the molecule is C#CC1=C(C)OS(=O)C1. The molecular weight excluding hydrogens is 136 g/mol. The van der Waals surface area contributed by atoms with Crippen LogP contribution in [0.25, 0.3) is 0 Å². The van der Waals surface area contributed by atoms with Crippen LogP contribution in [0.4, 0.5) is 0 Å². The van der Waals surface area contributed by atoms with E-state index in [1.807, 2.05) is 0 Å². The highest BCUT2D eigenvalue weighted by molar-refractivity contribution is 7.80. The van der Waals surface area contributed by atoms with E-state index in [4.69, 9.17) is 10.6 Å². The van der Waals surface area contributed by atoms with Crippen LogP contribution in [0.3, 0.4) is 0 Å². The summed E-state index contributed by atoms with van der Waals surface area (Å²) >= 11 is -1.20. The summed E-state index contributed by atoms with van der Waals surface area (Å²) in [5.41, 5.74) is 0.716. The predicted molar refractivity (Wildman–Crippen MR) is 35.6 cm³/mol. The molecule has 1 rings (SSSR count). The van der Waals surface area contributed by atoms with Crippen LogP contribution in [-0.4, -0.2) is 9.96 Å². The van der Waals surface area contributed by atoms with Crippen LogP contribution < -0.4 is 0 Å². The van der Waals surface area contributed by atoms with Gasteiger partial charge in [-0.25, -0.2) is 4.21 Å². The van der Waals surface area contributed by atoms with Gasteiger partial charge in [-0.15, -0.1) is 6.42 Å². The van der Waals surface area contributed by atoms with Crippen molar-refractivity contribution in [2.45, 2.75) is 6.92 Å². The van der Waals surface area contributed by atoms with Gasteiger partial charge in [-0.05, 0) is 6.92 Å². The van der Waals surface area contributed by atoms with Gasteiger partial charge in [-0.1, -0.05) is 5.92 Å². The van der Waals surface area contributed by atoms with Gasteiger partial charge in [0.1, 0.15) is 5.76 Å². The zero-order chi connectivity index (χ0) is 6.85. The fourth-order valence-electron chi connectivity index (χ4n) is 0.582. The minimum Gasteiger partial charge on any atom is -0.404 e. The summed E-state index contributed by atoms with van der Waals surface area (Å²) in [6, 6.07) is 0. The maximum atomic E-state index is 10.6. The van der Waals surface area contributed by atoms with Gasteiger partial charge in [0.2, 0.25) is 11.1 Å². The molecule has 0 spiro atoms. The summed E-state index contributed by atoms with van der Waals surface area (Å²) in [7, 11) is 0. The van der Waals surface area contributed by atoms with E-state index in [0.29, 0.717) is 17.1 Å². The van der Waals surface area contributed by atoms with Gasteiger partial charge < -0.3 is 4.18 Å². The minimum atomic E-state index is -1.20. The van der Waals surface area contributed by atoms with Crippen molar-refractivity contribution >= 4 is 11.1 Å². The first kappa shape index (κ1) is 6.37. The summed E-state index contributed by atoms with van der Waals surface area (Å²) in [6.07, 6.45) is 5.06. The number of hydrogen-bond acceptors (Lipinski definition) is 2. The monoisotopic (exact) mass is 142 g/mol. The Morgan fingerprint density at radius 3 is 2.78 bits per heavy atom. The summed E-state index contributed by atoms with van der Waals surface area (Å²) in [6.45, 7) is 1.72. The highest BCUT2D eigenvalue weighted by Gasteiger charge is 2.16. The van der Waals surface area contributed by atoms with Crippen LogP contribution in [0.5, 0.6) is 0 Å². The lowest BCUT2D eigenvalue weighted by Gasteiger charge is -1.88. The molecule has 0 saturated carbocycles. The minimum absolute atomic E-state index is 0.377. The average Bonchev–Trinajstić information content (AvgIpc) is 2.10. The van der Waals surface area contributed by atoms with E-state index in [1.165, 1.54) is 0 Å². The smallest absolute Gasteiger partial charge is 0.211 e. The van der Waals surface area contributed by atoms with Crippen LogP contribution in [-0.2, 0) is 15.3 Å². The van der Waals surface area contributed by atoms with Crippen LogP contribution in [0, 0.1) is 12.3 Å². The van der Waals surface area contributed by atoms with Gasteiger partial charge in [0.25, 0.3) is 0 Å². The van der Waals surface area contributed by atoms with Crippen LogP contribution in [0.1, 0.15) is 6.92 Å². The molecular formula is C6H6O2S. The highest BCUT2D eigenvalue weighted by atomic mass is 32.2. The Bertz CT molecular complexity index is 222. The first-order valence-electron chi connectivity index (χ1n) is 2.47. The Hall–Kier alpha value is -0.750. The number of terminal acetylenes is 1. The van der Waals surface area contributed by atoms with E-state index in [9.17, 15) is 4.21 Å². The Kier molecular flexibility index (Phi) is 1.58. The van der Waals surface area contributed by atoms with E-state index >= 15 is 0 Å². The summed E-state index contributed by atoms with van der Waals surface area (Å²) in [5, 5.41) is 0. The van der Waals surface area contributed by atoms with E-state index in [0.717, 1.165) is 0 Å². The fraction of sp³-hybridized carbons (Fsp3) is 0.333. The quantitative estimate of drug-likeness (QED) is 0.463. The van der Waals surface area contributed by atoms with Gasteiger partial charge in [0.15, 0.2) is 0 Å². The lowest BCUT2D eigenvalue weighted by molar-refractivity contribution is 0.470. The molecule has 1 heterocycles. The van der Waals surface area contributed by atoms with E-state index in [1.54, 1.807) is 6.92 Å². The standard InChI is InChI=1S/C6H6O2S/c1-3-6-4-9(7)8-5(6)2/h1H,4H2,2H3. The normalized spacial score (nSPS) is 25.6. The third kappa shape index (κ3) is 1.14. The van der Waals surface area contributed by atoms with Crippen LogP contribution >= 0.6 is 0 Å². The van der Waals surface area contributed by atoms with Gasteiger partial charge in [0, 0.05) is 0 Å². The van der Waals surface area contributed by atoms with Crippen molar-refractivity contribution in [2.24, 2.45) is 0 Å². The molecule has 9 heavy (non-hydrogen) atoms. The first-order chi connectivity index (χ1) is 4.24. The van der Waals surface area contributed by atoms with Crippen molar-refractivity contribution in [3.8, 4) is 12.3 Å². The molecule has 0 aromatic rings. The van der Waals surface area contributed by atoms with Crippen molar-refractivity contribution in [1.29, 1.82) is 0 Å². The molecule has 1 unspecified atom stereocenters. The Labute approximate surface area is 56.6 Å². The van der Waals surface area contributed by atoms with Crippen molar-refractivity contribution in [1.82, 2.24) is 0 Å². The molecule has 1 aliphatic rings. The lowest BCUT2D eigenvalue weighted by atomic mass is 10.3. The van der Waals surface area contributed by atoms with Crippen molar-refractivity contribution in [2.75, 3.05) is 5.75 Å². The second-order valence-electron chi connectivity index (χ2n) is 1.71. The van der Waals surface area contributed by atoms with Crippen LogP contribution in [0.2, 0.25) is 0 Å². The van der Waals surface area contributed by atoms with E-state index in [2.05, 4.69) is 5.92 Å². The molecule has 0 radical (unpaired) electrons. The van der Waals surface area contributed by atoms with E-state index in [-0.39, 0.29) is 0 Å². The molecule has 3 heteroatoms. The fourth-order valence-corrected chi connectivity index (χ4v) is 1.54. The maximum Gasteiger partial charge on any atom is 0.211 e. The largest absolute Gasteiger partial charge is 0.404 e. The summed E-state index contributed by atoms with van der Waals surface area (Å²) < 4.78 is 15.3. The molecule has 0 aromatic carbocycles. The molecule has 0 bridgehead atoms. The predicted octanol–water partition coefficient (Wildman–Crippen LogP) is 0.588. The Morgan fingerprint density at radius 2 is 2.56 bits per heavy atom. The summed E-state index contributed by atoms with van der Waals surface area (Å²) in [5.74, 6) is 3.40. The van der Waals surface area contributed by atoms with Crippen molar-refractivity contribution in [3.63, 3.8) is 0 Å². The maximum absolute atomic E-state index is 10.6. The second kappa shape index (κ2) is 2.24. The molecule has 1 aliphatic heterocycles. The third-order valence-electron chi connectivity index (χ3n) is 1.08. The molecule has 0 aliphatic carbocycles. The van der Waals surface area contributed by atoms with Gasteiger partial charge in [-0.2, -0.15) is 0 Å². The first-order valence-corrected chi connectivity index (χ1v) is 3.71. The molecule has 0 amide bonds. The Morgan fingerprint density at radius 1 is 1.89 bits per heavy atom. The molecule has 48 valence electrons. The van der Waals surface area contributed by atoms with Crippen molar-refractivity contribution in [3.05, 3.63) is 11.3 Å². The second-order valence-corrected chi connectivity index (χ2v) is 2.77. The average molecular weight is 142 g/mol. The summed E-state index contributed by atoms with van der Waals surface area (Å²) in [4.78, 5) is 0. The molecule has 0 aromatic heterocycles. The lowest BCUT2D eigenvalue weighted by Crippen LogP contribution is -1.89. The zero-order valence-electron chi connectivity index (χ0n) is 5.01. The van der Waals surface area contributed by atoms with E-state index < -0.39 is 11.1 Å². The molecule has 1 atom stereocenters. The number of allylic oxidation sites excluding steroid dienone is 1.